The number of ether oxygens (including phenoxy) is 2. The zero-order chi connectivity index (χ0) is 23.5. The van der Waals surface area contributed by atoms with Crippen LogP contribution in [0.2, 0.25) is 0 Å². The first-order chi connectivity index (χ1) is 14.9. The van der Waals surface area contributed by atoms with Crippen LogP contribution in [0.3, 0.4) is 0 Å². The number of H-pyrrole nitrogens is 1. The Labute approximate surface area is 175 Å². The van der Waals surface area contributed by atoms with Gasteiger partial charge in [-0.2, -0.15) is 13.2 Å². The highest BCUT2D eigenvalue weighted by atomic mass is 19.4. The van der Waals surface area contributed by atoms with Gasteiger partial charge in [0.05, 0.1) is 11.1 Å². The van der Waals surface area contributed by atoms with E-state index in [1.807, 2.05) is 0 Å². The number of halogens is 6. The molecule has 0 spiro atoms. The van der Waals surface area contributed by atoms with Crippen molar-refractivity contribution >= 4 is 11.6 Å². The monoisotopic (exact) mass is 458 g/mol. The van der Waals surface area contributed by atoms with Crippen LogP contribution in [0.1, 0.15) is 15.9 Å². The molecule has 3 rings (SSSR count). The van der Waals surface area contributed by atoms with E-state index in [0.717, 1.165) is 36.4 Å². The molecule has 0 aliphatic heterocycles. The van der Waals surface area contributed by atoms with Crippen LogP contribution in [0.25, 0.3) is 0 Å². The third kappa shape index (κ3) is 6.03. The molecule has 0 radical (unpaired) electrons. The van der Waals surface area contributed by atoms with Crippen LogP contribution < -0.4 is 20.3 Å². The maximum absolute atomic E-state index is 13.1. The van der Waals surface area contributed by atoms with E-state index in [4.69, 9.17) is 4.74 Å². The van der Waals surface area contributed by atoms with Crippen molar-refractivity contribution in [3.8, 4) is 17.2 Å². The Hall–Kier alpha value is -3.96. The van der Waals surface area contributed by atoms with Gasteiger partial charge in [0.1, 0.15) is 17.2 Å². The number of carbonyl (C=O) groups excluding carboxylic acids is 1. The molecule has 2 aromatic carbocycles. The van der Waals surface area contributed by atoms with Crippen LogP contribution in [0, 0.1) is 0 Å². The lowest BCUT2D eigenvalue weighted by atomic mass is 10.1. The molecule has 3 aromatic rings. The molecule has 0 saturated heterocycles. The third-order valence-corrected chi connectivity index (χ3v) is 3.87. The fraction of sp³-hybridized carbons (Fsp3) is 0.100. The zero-order valence-corrected chi connectivity index (χ0v) is 15.7. The lowest BCUT2D eigenvalue weighted by molar-refractivity contribution is -0.274. The molecule has 6 nitrogen and oxygen atoms in total. The highest BCUT2D eigenvalue weighted by molar-refractivity contribution is 6.06. The second kappa shape index (κ2) is 8.65. The first kappa shape index (κ1) is 22.7. The fourth-order valence-electron chi connectivity index (χ4n) is 2.53. The molecule has 0 aliphatic rings. The van der Waals surface area contributed by atoms with E-state index in [9.17, 15) is 35.9 Å². The number of aromatic amines is 1. The predicted octanol–water partition coefficient (Wildman–Crippen LogP) is 5.34. The molecule has 2 N–H and O–H groups in total. The number of rotatable bonds is 5. The predicted molar refractivity (Wildman–Crippen MR) is 99.7 cm³/mol. The lowest BCUT2D eigenvalue weighted by Gasteiger charge is -2.15. The van der Waals surface area contributed by atoms with Crippen molar-refractivity contribution in [2.75, 3.05) is 5.32 Å². The molecular formula is C20H12F6N2O4. The summed E-state index contributed by atoms with van der Waals surface area (Å²) in [6.45, 7) is 0. The summed E-state index contributed by atoms with van der Waals surface area (Å²) in [6.07, 6.45) is -8.41. The van der Waals surface area contributed by atoms with Crippen molar-refractivity contribution in [1.29, 1.82) is 0 Å². The summed E-state index contributed by atoms with van der Waals surface area (Å²) in [5.41, 5.74) is -1.86. The van der Waals surface area contributed by atoms with Crippen molar-refractivity contribution in [2.24, 2.45) is 0 Å². The number of hydrogen-bond donors (Lipinski definition) is 2. The Bertz CT molecular complexity index is 1170. The molecule has 32 heavy (non-hydrogen) atoms. The van der Waals surface area contributed by atoms with Crippen molar-refractivity contribution in [3.63, 3.8) is 0 Å². The number of carbonyl (C=O) groups is 1. The molecule has 0 aliphatic carbocycles. The van der Waals surface area contributed by atoms with Gasteiger partial charge < -0.3 is 19.8 Å². The molecule has 168 valence electrons. The van der Waals surface area contributed by atoms with Crippen LogP contribution in [0.15, 0.2) is 65.6 Å². The van der Waals surface area contributed by atoms with Crippen LogP contribution in [0.4, 0.5) is 32.0 Å². The molecule has 0 unspecified atom stereocenters. The Morgan fingerprint density at radius 2 is 1.53 bits per heavy atom. The summed E-state index contributed by atoms with van der Waals surface area (Å²) < 4.78 is 85.2. The summed E-state index contributed by atoms with van der Waals surface area (Å²) in [7, 11) is 0. The van der Waals surface area contributed by atoms with Gasteiger partial charge in [-0.15, -0.1) is 13.2 Å². The summed E-state index contributed by atoms with van der Waals surface area (Å²) in [6, 6.07) is 8.37. The van der Waals surface area contributed by atoms with Crippen molar-refractivity contribution in [3.05, 3.63) is 82.3 Å². The third-order valence-electron chi connectivity index (χ3n) is 3.87. The van der Waals surface area contributed by atoms with Gasteiger partial charge in [0.2, 0.25) is 5.56 Å². The van der Waals surface area contributed by atoms with Gasteiger partial charge in [-0.05, 0) is 48.5 Å². The van der Waals surface area contributed by atoms with Crippen molar-refractivity contribution < 1.29 is 40.6 Å². The number of amides is 1. The molecule has 0 fully saturated rings. The SMILES string of the molecule is O=C(Nc1cc[nH]c(=O)c1)c1ccc(C(F)(F)F)cc1Oc1ccc(OC(F)(F)F)cc1. The van der Waals surface area contributed by atoms with Gasteiger partial charge >= 0.3 is 12.5 Å². The molecule has 12 heteroatoms. The quantitative estimate of drug-likeness (QED) is 0.506. The first-order valence-electron chi connectivity index (χ1n) is 8.66. The van der Waals surface area contributed by atoms with Gasteiger partial charge in [0.15, 0.2) is 0 Å². The minimum absolute atomic E-state index is 0.0817. The number of benzene rings is 2. The summed E-state index contributed by atoms with van der Waals surface area (Å²) in [5, 5.41) is 2.35. The minimum atomic E-state index is -4.92. The van der Waals surface area contributed by atoms with E-state index in [-0.39, 0.29) is 17.0 Å². The number of hydrogen-bond acceptors (Lipinski definition) is 4. The van der Waals surface area contributed by atoms with Crippen LogP contribution in [-0.2, 0) is 6.18 Å². The average molecular weight is 458 g/mol. The Kier molecular flexibility index (Phi) is 6.14. The fourth-order valence-corrected chi connectivity index (χ4v) is 2.53. The molecule has 0 bridgehead atoms. The Balaban J connectivity index is 1.91. The van der Waals surface area contributed by atoms with Gasteiger partial charge in [0.25, 0.3) is 5.91 Å². The highest BCUT2D eigenvalue weighted by Crippen LogP contribution is 2.36. The van der Waals surface area contributed by atoms with Crippen LogP contribution in [0.5, 0.6) is 17.2 Å². The smallest absolute Gasteiger partial charge is 0.457 e. The minimum Gasteiger partial charge on any atom is -0.457 e. The van der Waals surface area contributed by atoms with Crippen LogP contribution >= 0.6 is 0 Å². The number of alkyl halides is 6. The Morgan fingerprint density at radius 3 is 2.12 bits per heavy atom. The van der Waals surface area contributed by atoms with E-state index in [0.29, 0.717) is 12.1 Å². The topological polar surface area (TPSA) is 80.4 Å². The van der Waals surface area contributed by atoms with E-state index in [2.05, 4.69) is 15.0 Å². The van der Waals surface area contributed by atoms with E-state index < -0.39 is 41.1 Å². The summed E-state index contributed by atoms with van der Waals surface area (Å²) >= 11 is 0. The molecule has 1 amide bonds. The van der Waals surface area contributed by atoms with Crippen molar-refractivity contribution in [1.82, 2.24) is 4.98 Å². The standard InChI is InChI=1S/C20H12F6N2O4/c21-19(22,23)11-1-6-15(18(30)28-12-7-8-27-17(29)10-12)16(9-11)31-13-2-4-14(5-3-13)32-20(24,25)26/h1-10H,(H2,27,28,29,30). The molecule has 1 aromatic heterocycles. The maximum Gasteiger partial charge on any atom is 0.573 e. The second-order valence-electron chi connectivity index (χ2n) is 6.23. The molecule has 0 saturated carbocycles. The first-order valence-corrected chi connectivity index (χ1v) is 8.66. The summed E-state index contributed by atoms with van der Waals surface area (Å²) in [4.78, 5) is 26.3. The number of nitrogens with one attached hydrogen (secondary N) is 2. The van der Waals surface area contributed by atoms with E-state index in [1.165, 1.54) is 12.3 Å². The van der Waals surface area contributed by atoms with E-state index in [1.54, 1.807) is 0 Å². The summed E-state index contributed by atoms with van der Waals surface area (Å²) in [5.74, 6) is -2.10. The second-order valence-corrected chi connectivity index (χ2v) is 6.23. The maximum atomic E-state index is 13.1. The highest BCUT2D eigenvalue weighted by Gasteiger charge is 2.32. The number of aromatic nitrogens is 1. The van der Waals surface area contributed by atoms with Crippen molar-refractivity contribution in [2.45, 2.75) is 12.5 Å². The number of anilines is 1. The van der Waals surface area contributed by atoms with E-state index >= 15 is 0 Å². The normalized spacial score (nSPS) is 11.7. The lowest BCUT2D eigenvalue weighted by Crippen LogP contribution is -2.17. The molecule has 0 atom stereocenters. The van der Waals surface area contributed by atoms with Gasteiger partial charge in [-0.1, -0.05) is 0 Å². The average Bonchev–Trinajstić information content (AvgIpc) is 2.67. The van der Waals surface area contributed by atoms with Gasteiger partial charge in [-0.3, -0.25) is 9.59 Å². The zero-order valence-electron chi connectivity index (χ0n) is 15.7. The Morgan fingerprint density at radius 1 is 0.875 bits per heavy atom. The van der Waals surface area contributed by atoms with Gasteiger partial charge in [-0.25, -0.2) is 0 Å². The van der Waals surface area contributed by atoms with Gasteiger partial charge in [0, 0.05) is 18.0 Å². The van der Waals surface area contributed by atoms with Crippen LogP contribution in [-0.4, -0.2) is 17.3 Å². The number of pyridine rings is 1. The molecular weight excluding hydrogens is 446 g/mol. The molecule has 1 heterocycles. The largest absolute Gasteiger partial charge is 0.573 e.